The molecule has 0 spiro atoms. The summed E-state index contributed by atoms with van der Waals surface area (Å²) in [5.74, 6) is 0.268. The van der Waals surface area contributed by atoms with Crippen LogP contribution in [0.25, 0.3) is 0 Å². The Morgan fingerprint density at radius 2 is 2.25 bits per heavy atom. The van der Waals surface area contributed by atoms with Gasteiger partial charge in [0.2, 0.25) is 11.8 Å². The van der Waals surface area contributed by atoms with Gasteiger partial charge in [-0.2, -0.15) is 0 Å². The first kappa shape index (κ1) is 14.7. The first-order valence-corrected chi connectivity index (χ1v) is 6.91. The maximum Gasteiger partial charge on any atom is 0.246 e. The van der Waals surface area contributed by atoms with Crippen LogP contribution in [0.3, 0.4) is 0 Å². The molecule has 1 aromatic rings. The quantitative estimate of drug-likeness (QED) is 0.899. The van der Waals surface area contributed by atoms with E-state index in [-0.39, 0.29) is 11.8 Å². The van der Waals surface area contributed by atoms with Crippen molar-refractivity contribution in [2.75, 3.05) is 12.4 Å². The fraction of sp³-hybridized carbons (Fsp3) is 0.429. The van der Waals surface area contributed by atoms with Crippen LogP contribution in [0.5, 0.6) is 5.75 Å². The number of carbonyl (C=O) groups is 2. The highest BCUT2D eigenvalue weighted by molar-refractivity contribution is 6.33. The lowest BCUT2D eigenvalue weighted by molar-refractivity contribution is -0.125. The van der Waals surface area contributed by atoms with Crippen LogP contribution in [0.15, 0.2) is 18.2 Å². The van der Waals surface area contributed by atoms with Crippen molar-refractivity contribution in [1.29, 1.82) is 0 Å². The standard InChI is InChI=1S/C14H17ClN2O3/c1-20-9-6-7-10(15)12(8-9)17-14(19)11-4-2-3-5-13(18)16-11/h6-8,11H,2-5H2,1H3,(H,16,18)(H,17,19). The van der Waals surface area contributed by atoms with E-state index in [0.29, 0.717) is 29.3 Å². The van der Waals surface area contributed by atoms with Gasteiger partial charge in [0.25, 0.3) is 0 Å². The fourth-order valence-corrected chi connectivity index (χ4v) is 2.28. The third-order valence-electron chi connectivity index (χ3n) is 3.23. The van der Waals surface area contributed by atoms with E-state index < -0.39 is 6.04 Å². The largest absolute Gasteiger partial charge is 0.497 e. The molecule has 108 valence electrons. The molecule has 1 saturated heterocycles. The SMILES string of the molecule is COc1ccc(Cl)c(NC(=O)C2CCCCC(=O)N2)c1. The van der Waals surface area contributed by atoms with Crippen LogP contribution in [0, 0.1) is 0 Å². The van der Waals surface area contributed by atoms with Crippen LogP contribution in [0.1, 0.15) is 25.7 Å². The van der Waals surface area contributed by atoms with E-state index in [2.05, 4.69) is 10.6 Å². The van der Waals surface area contributed by atoms with Gasteiger partial charge in [-0.15, -0.1) is 0 Å². The molecule has 2 amide bonds. The molecule has 20 heavy (non-hydrogen) atoms. The molecule has 2 rings (SSSR count). The number of nitrogens with one attached hydrogen (secondary N) is 2. The molecular weight excluding hydrogens is 280 g/mol. The number of carbonyl (C=O) groups excluding carboxylic acids is 2. The molecule has 6 heteroatoms. The van der Waals surface area contributed by atoms with Crippen LogP contribution in [-0.4, -0.2) is 25.0 Å². The second-order valence-corrected chi connectivity index (χ2v) is 5.11. The van der Waals surface area contributed by atoms with Crippen molar-refractivity contribution in [3.8, 4) is 5.75 Å². The Bertz CT molecular complexity index is 519. The zero-order valence-electron chi connectivity index (χ0n) is 11.2. The first-order valence-electron chi connectivity index (χ1n) is 6.54. The van der Waals surface area contributed by atoms with Crippen LogP contribution in [0.4, 0.5) is 5.69 Å². The molecule has 5 nitrogen and oxygen atoms in total. The second kappa shape index (κ2) is 6.61. The van der Waals surface area contributed by atoms with E-state index in [1.165, 1.54) is 0 Å². The van der Waals surface area contributed by atoms with Gasteiger partial charge < -0.3 is 15.4 Å². The van der Waals surface area contributed by atoms with E-state index in [9.17, 15) is 9.59 Å². The first-order chi connectivity index (χ1) is 9.60. The third-order valence-corrected chi connectivity index (χ3v) is 3.56. The van der Waals surface area contributed by atoms with E-state index in [1.807, 2.05) is 0 Å². The summed E-state index contributed by atoms with van der Waals surface area (Å²) >= 11 is 6.04. The average Bonchev–Trinajstić information content (AvgIpc) is 2.66. The Balaban J connectivity index is 2.08. The van der Waals surface area contributed by atoms with Gasteiger partial charge in [0.15, 0.2) is 0 Å². The Morgan fingerprint density at radius 3 is 3.00 bits per heavy atom. The number of anilines is 1. The van der Waals surface area contributed by atoms with Gasteiger partial charge in [0.1, 0.15) is 11.8 Å². The zero-order valence-corrected chi connectivity index (χ0v) is 12.0. The second-order valence-electron chi connectivity index (χ2n) is 4.70. The number of hydrogen-bond acceptors (Lipinski definition) is 3. The average molecular weight is 297 g/mol. The van der Waals surface area contributed by atoms with Crippen molar-refractivity contribution < 1.29 is 14.3 Å². The predicted octanol–water partition coefficient (Wildman–Crippen LogP) is 2.35. The maximum atomic E-state index is 12.2. The van der Waals surface area contributed by atoms with Crippen LogP contribution >= 0.6 is 11.6 Å². The summed E-state index contributed by atoms with van der Waals surface area (Å²) in [5, 5.41) is 5.89. The van der Waals surface area contributed by atoms with E-state index in [0.717, 1.165) is 12.8 Å². The van der Waals surface area contributed by atoms with Gasteiger partial charge in [-0.3, -0.25) is 9.59 Å². The van der Waals surface area contributed by atoms with Gasteiger partial charge in [-0.1, -0.05) is 18.0 Å². The third kappa shape index (κ3) is 3.63. The Kier molecular flexibility index (Phi) is 4.84. The molecule has 1 heterocycles. The van der Waals surface area contributed by atoms with Crippen molar-refractivity contribution in [3.63, 3.8) is 0 Å². The summed E-state index contributed by atoms with van der Waals surface area (Å²) in [4.78, 5) is 23.7. The van der Waals surface area contributed by atoms with Crippen molar-refractivity contribution in [3.05, 3.63) is 23.2 Å². The minimum absolute atomic E-state index is 0.0839. The normalized spacial score (nSPS) is 18.9. The predicted molar refractivity (Wildman–Crippen MR) is 77.0 cm³/mol. The number of hydrogen-bond donors (Lipinski definition) is 2. The summed E-state index contributed by atoms with van der Waals surface area (Å²) < 4.78 is 5.09. The van der Waals surface area contributed by atoms with Crippen LogP contribution in [0.2, 0.25) is 5.02 Å². The smallest absolute Gasteiger partial charge is 0.246 e. The molecule has 1 atom stereocenters. The molecule has 1 unspecified atom stereocenters. The molecule has 2 N–H and O–H groups in total. The minimum Gasteiger partial charge on any atom is -0.497 e. The molecule has 1 aromatic carbocycles. The summed E-state index contributed by atoms with van der Waals surface area (Å²) in [6.45, 7) is 0. The summed E-state index contributed by atoms with van der Waals surface area (Å²) in [5.41, 5.74) is 0.481. The van der Waals surface area contributed by atoms with E-state index >= 15 is 0 Å². The van der Waals surface area contributed by atoms with Gasteiger partial charge >= 0.3 is 0 Å². The highest BCUT2D eigenvalue weighted by atomic mass is 35.5. The fourth-order valence-electron chi connectivity index (χ4n) is 2.12. The molecule has 1 aliphatic heterocycles. The monoisotopic (exact) mass is 296 g/mol. The molecule has 1 fully saturated rings. The lowest BCUT2D eigenvalue weighted by Crippen LogP contribution is -2.42. The minimum atomic E-state index is -0.507. The molecule has 0 saturated carbocycles. The highest BCUT2D eigenvalue weighted by Crippen LogP contribution is 2.27. The Hall–Kier alpha value is -1.75. The van der Waals surface area contributed by atoms with Crippen molar-refractivity contribution >= 4 is 29.1 Å². The molecule has 0 aliphatic carbocycles. The number of benzene rings is 1. The highest BCUT2D eigenvalue weighted by Gasteiger charge is 2.23. The number of rotatable bonds is 3. The number of amides is 2. The van der Waals surface area contributed by atoms with Crippen molar-refractivity contribution in [1.82, 2.24) is 5.32 Å². The van der Waals surface area contributed by atoms with Gasteiger partial charge in [0.05, 0.1) is 17.8 Å². The van der Waals surface area contributed by atoms with E-state index in [4.69, 9.17) is 16.3 Å². The van der Waals surface area contributed by atoms with Crippen molar-refractivity contribution in [2.24, 2.45) is 0 Å². The summed E-state index contributed by atoms with van der Waals surface area (Å²) in [6, 6.07) is 4.51. The molecule has 0 bridgehead atoms. The zero-order chi connectivity index (χ0) is 14.5. The van der Waals surface area contributed by atoms with Gasteiger partial charge in [0, 0.05) is 12.5 Å². The topological polar surface area (TPSA) is 67.4 Å². The Labute approximate surface area is 122 Å². The van der Waals surface area contributed by atoms with Crippen LogP contribution < -0.4 is 15.4 Å². The lowest BCUT2D eigenvalue weighted by atomic mass is 10.1. The lowest BCUT2D eigenvalue weighted by Gasteiger charge is -2.16. The molecule has 0 radical (unpaired) electrons. The molecule has 0 aromatic heterocycles. The number of halogens is 1. The molecule has 1 aliphatic rings. The molecular formula is C14H17ClN2O3. The summed E-state index contributed by atoms with van der Waals surface area (Å²) in [7, 11) is 1.54. The van der Waals surface area contributed by atoms with Crippen LogP contribution in [-0.2, 0) is 9.59 Å². The van der Waals surface area contributed by atoms with Crippen molar-refractivity contribution in [2.45, 2.75) is 31.7 Å². The summed E-state index contributed by atoms with van der Waals surface area (Å²) in [6.07, 6.45) is 2.78. The van der Waals surface area contributed by atoms with E-state index in [1.54, 1.807) is 25.3 Å². The number of methoxy groups -OCH3 is 1. The van der Waals surface area contributed by atoms with Gasteiger partial charge in [-0.05, 0) is 25.0 Å². The number of ether oxygens (including phenoxy) is 1. The van der Waals surface area contributed by atoms with Gasteiger partial charge in [-0.25, -0.2) is 0 Å². The Morgan fingerprint density at radius 1 is 1.45 bits per heavy atom. The maximum absolute atomic E-state index is 12.2.